The largest absolute Gasteiger partial charge is 0.333 e. The molecule has 0 saturated carbocycles. The molecule has 3 rings (SSSR count). The summed E-state index contributed by atoms with van der Waals surface area (Å²) in [5.74, 6) is 0.304. The van der Waals surface area contributed by atoms with Crippen LogP contribution >= 0.6 is 0 Å². The van der Waals surface area contributed by atoms with Crippen molar-refractivity contribution in [2.45, 2.75) is 6.04 Å². The lowest BCUT2D eigenvalue weighted by Crippen LogP contribution is -2.38. The number of aromatic nitrogens is 1. The first kappa shape index (κ1) is 9.33. The van der Waals surface area contributed by atoms with Crippen LogP contribution in [0.3, 0.4) is 0 Å². The third-order valence-corrected chi connectivity index (χ3v) is 3.24. The first-order valence-corrected chi connectivity index (χ1v) is 5.35. The van der Waals surface area contributed by atoms with E-state index in [4.69, 9.17) is 0 Å². The molecular weight excluding hydrogens is 200 g/mol. The summed E-state index contributed by atoms with van der Waals surface area (Å²) < 4.78 is 0. The van der Waals surface area contributed by atoms with Gasteiger partial charge in [-0.3, -0.25) is 9.78 Å². The van der Waals surface area contributed by atoms with Crippen LogP contribution in [0.15, 0.2) is 36.6 Å². The Bertz CT molecular complexity index is 504. The number of hydrogen-bond acceptors (Lipinski definition) is 2. The molecule has 0 bridgehead atoms. The zero-order valence-electron chi connectivity index (χ0n) is 9.00. The minimum absolute atomic E-state index is 0.0492. The highest BCUT2D eigenvalue weighted by Crippen LogP contribution is 2.37. The van der Waals surface area contributed by atoms with Crippen molar-refractivity contribution in [1.82, 2.24) is 9.88 Å². The summed E-state index contributed by atoms with van der Waals surface area (Å²) >= 11 is 0. The fraction of sp³-hybridized carbons (Fsp3) is 0.231. The number of fused-ring (bicyclic) bond motifs is 3. The van der Waals surface area contributed by atoms with E-state index in [0.29, 0.717) is 0 Å². The minimum atomic E-state index is 0.0492. The van der Waals surface area contributed by atoms with Gasteiger partial charge >= 0.3 is 0 Å². The Labute approximate surface area is 94.1 Å². The number of rotatable bonds is 0. The first-order valence-electron chi connectivity index (χ1n) is 5.35. The van der Waals surface area contributed by atoms with Gasteiger partial charge in [0.15, 0.2) is 0 Å². The van der Waals surface area contributed by atoms with Crippen molar-refractivity contribution in [3.8, 4) is 0 Å². The van der Waals surface area contributed by atoms with Gasteiger partial charge in [0, 0.05) is 19.2 Å². The Morgan fingerprint density at radius 1 is 1.31 bits per heavy atom. The molecule has 1 amide bonds. The SMILES string of the molecule is CN1C(=O)C=C[C@@H]2C=Cc3cccnc3[C@@H]21. The van der Waals surface area contributed by atoms with Crippen molar-refractivity contribution in [2.24, 2.45) is 5.92 Å². The average molecular weight is 212 g/mol. The zero-order valence-corrected chi connectivity index (χ0v) is 9.00. The van der Waals surface area contributed by atoms with Gasteiger partial charge in [-0.25, -0.2) is 0 Å². The van der Waals surface area contributed by atoms with Gasteiger partial charge in [0.2, 0.25) is 5.91 Å². The van der Waals surface area contributed by atoms with Crippen molar-refractivity contribution >= 4 is 12.0 Å². The lowest BCUT2D eigenvalue weighted by Gasteiger charge is -2.36. The minimum Gasteiger partial charge on any atom is -0.333 e. The zero-order chi connectivity index (χ0) is 11.1. The Morgan fingerprint density at radius 2 is 2.12 bits per heavy atom. The van der Waals surface area contributed by atoms with Crippen molar-refractivity contribution in [1.29, 1.82) is 0 Å². The summed E-state index contributed by atoms with van der Waals surface area (Å²) in [5.41, 5.74) is 2.11. The predicted molar refractivity (Wildman–Crippen MR) is 61.4 cm³/mol. The second-order valence-corrected chi connectivity index (χ2v) is 4.17. The molecule has 0 unspecified atom stereocenters. The van der Waals surface area contributed by atoms with Crippen LogP contribution in [0.4, 0.5) is 0 Å². The third-order valence-electron chi connectivity index (χ3n) is 3.24. The molecule has 0 saturated heterocycles. The molecule has 2 aliphatic rings. The van der Waals surface area contributed by atoms with E-state index in [1.165, 1.54) is 0 Å². The second-order valence-electron chi connectivity index (χ2n) is 4.17. The smallest absolute Gasteiger partial charge is 0.246 e. The molecule has 1 aromatic rings. The van der Waals surface area contributed by atoms with Crippen LogP contribution in [-0.2, 0) is 4.79 Å². The summed E-state index contributed by atoms with van der Waals surface area (Å²) in [6.45, 7) is 0. The van der Waals surface area contributed by atoms with Crippen LogP contribution in [0, 0.1) is 5.92 Å². The number of amides is 1. The van der Waals surface area contributed by atoms with E-state index >= 15 is 0 Å². The lowest BCUT2D eigenvalue weighted by atomic mass is 9.85. The van der Waals surface area contributed by atoms with Crippen LogP contribution in [0.1, 0.15) is 17.3 Å². The summed E-state index contributed by atoms with van der Waals surface area (Å²) in [4.78, 5) is 17.8. The summed E-state index contributed by atoms with van der Waals surface area (Å²) in [6, 6.07) is 4.01. The molecule has 0 aromatic carbocycles. The van der Waals surface area contributed by atoms with E-state index in [1.54, 1.807) is 17.2 Å². The highest BCUT2D eigenvalue weighted by molar-refractivity contribution is 5.89. The van der Waals surface area contributed by atoms with Crippen molar-refractivity contribution < 1.29 is 4.79 Å². The van der Waals surface area contributed by atoms with Gasteiger partial charge in [-0.1, -0.05) is 24.3 Å². The van der Waals surface area contributed by atoms with Crippen LogP contribution in [-0.4, -0.2) is 22.8 Å². The number of hydrogen-bond donors (Lipinski definition) is 0. The summed E-state index contributed by atoms with van der Waals surface area (Å²) in [6.07, 6.45) is 9.60. The van der Waals surface area contributed by atoms with E-state index in [1.807, 2.05) is 25.3 Å². The van der Waals surface area contributed by atoms with Crippen LogP contribution in [0.5, 0.6) is 0 Å². The van der Waals surface area contributed by atoms with Crippen LogP contribution < -0.4 is 0 Å². The van der Waals surface area contributed by atoms with E-state index < -0.39 is 0 Å². The van der Waals surface area contributed by atoms with Gasteiger partial charge < -0.3 is 4.90 Å². The normalized spacial score (nSPS) is 26.6. The summed E-state index contributed by atoms with van der Waals surface area (Å²) in [5, 5.41) is 0. The Balaban J connectivity index is 2.15. The van der Waals surface area contributed by atoms with Gasteiger partial charge in [-0.2, -0.15) is 0 Å². The van der Waals surface area contributed by atoms with Crippen molar-refractivity contribution in [3.05, 3.63) is 47.8 Å². The maximum atomic E-state index is 11.6. The van der Waals surface area contributed by atoms with Gasteiger partial charge in [0.25, 0.3) is 0 Å². The van der Waals surface area contributed by atoms with Crippen molar-refractivity contribution in [3.63, 3.8) is 0 Å². The highest BCUT2D eigenvalue weighted by Gasteiger charge is 2.33. The van der Waals surface area contributed by atoms with Crippen molar-refractivity contribution in [2.75, 3.05) is 7.05 Å². The quantitative estimate of drug-likeness (QED) is 0.657. The molecule has 0 N–H and O–H groups in total. The molecule has 2 heterocycles. The molecule has 80 valence electrons. The number of carbonyl (C=O) groups excluding carboxylic acids is 1. The first-order chi connectivity index (χ1) is 7.77. The van der Waals surface area contributed by atoms with Gasteiger partial charge in [0.1, 0.15) is 0 Å². The Hall–Kier alpha value is -1.90. The standard InChI is InChI=1S/C13H12N2O/c1-15-11(16)7-6-10-5-4-9-3-2-8-14-12(9)13(10)15/h2-8,10,13H,1H3/t10-,13+/m0/s1. The van der Waals surface area contributed by atoms with E-state index in [-0.39, 0.29) is 17.9 Å². The molecular formula is C13H12N2O. The topological polar surface area (TPSA) is 33.2 Å². The van der Waals surface area contributed by atoms with Gasteiger partial charge in [-0.05, 0) is 17.7 Å². The highest BCUT2D eigenvalue weighted by atomic mass is 16.2. The lowest BCUT2D eigenvalue weighted by molar-refractivity contribution is -0.128. The maximum absolute atomic E-state index is 11.6. The number of carbonyl (C=O) groups is 1. The fourth-order valence-corrected chi connectivity index (χ4v) is 2.38. The molecule has 1 aliphatic carbocycles. The molecule has 2 atom stereocenters. The van der Waals surface area contributed by atoms with Gasteiger partial charge in [-0.15, -0.1) is 0 Å². The molecule has 0 radical (unpaired) electrons. The average Bonchev–Trinajstić information content (AvgIpc) is 2.33. The second kappa shape index (κ2) is 3.30. The maximum Gasteiger partial charge on any atom is 0.246 e. The van der Waals surface area contributed by atoms with Gasteiger partial charge in [0.05, 0.1) is 11.7 Å². The van der Waals surface area contributed by atoms with E-state index in [2.05, 4.69) is 17.1 Å². The molecule has 3 nitrogen and oxygen atoms in total. The number of likely N-dealkylation sites (N-methyl/N-ethyl adjacent to an activating group) is 1. The van der Waals surface area contributed by atoms with E-state index in [0.717, 1.165) is 11.3 Å². The molecule has 1 aliphatic heterocycles. The molecule has 0 spiro atoms. The molecule has 0 fully saturated rings. The number of nitrogens with zero attached hydrogens (tertiary/aromatic N) is 2. The Morgan fingerprint density at radius 3 is 3.00 bits per heavy atom. The molecule has 16 heavy (non-hydrogen) atoms. The van der Waals surface area contributed by atoms with Crippen LogP contribution in [0.25, 0.3) is 6.08 Å². The molecule has 3 heteroatoms. The monoisotopic (exact) mass is 212 g/mol. The predicted octanol–water partition coefficient (Wildman–Crippen LogP) is 1.79. The Kier molecular flexibility index (Phi) is 1.93. The molecule has 1 aromatic heterocycles. The van der Waals surface area contributed by atoms with E-state index in [9.17, 15) is 4.79 Å². The summed E-state index contributed by atoms with van der Waals surface area (Å²) in [7, 11) is 1.83. The van der Waals surface area contributed by atoms with Crippen LogP contribution in [0.2, 0.25) is 0 Å². The third kappa shape index (κ3) is 1.21. The number of pyridine rings is 1. The fourth-order valence-electron chi connectivity index (χ4n) is 2.38.